The fraction of sp³-hybridized carbons (Fsp3) is 0.0333. The summed E-state index contributed by atoms with van der Waals surface area (Å²) >= 11 is 6.20. The van der Waals surface area contributed by atoms with E-state index in [1.807, 2.05) is 61.5 Å². The highest BCUT2D eigenvalue weighted by Gasteiger charge is 2.38. The minimum atomic E-state index is -0.600. The van der Waals surface area contributed by atoms with Crippen molar-refractivity contribution in [1.29, 1.82) is 0 Å². The van der Waals surface area contributed by atoms with Crippen molar-refractivity contribution in [3.05, 3.63) is 125 Å². The molecule has 0 bridgehead atoms. The molecule has 2 amide bonds. The van der Waals surface area contributed by atoms with Crippen molar-refractivity contribution < 1.29 is 19.1 Å². The molecular weight excluding hydrogens is 488 g/mol. The molecule has 0 aliphatic carbocycles. The molecule has 0 atom stereocenters. The van der Waals surface area contributed by atoms with Gasteiger partial charge in [-0.2, -0.15) is 0 Å². The zero-order valence-corrected chi connectivity index (χ0v) is 20.5. The van der Waals surface area contributed by atoms with Crippen LogP contribution in [-0.2, 0) is 9.59 Å². The van der Waals surface area contributed by atoms with E-state index in [1.165, 1.54) is 0 Å². The number of nitrogens with one attached hydrogen (secondary N) is 1. The molecule has 0 unspecified atom stereocenters. The van der Waals surface area contributed by atoms with Gasteiger partial charge < -0.3 is 10.1 Å². The fourth-order valence-corrected chi connectivity index (χ4v) is 4.10. The lowest BCUT2D eigenvalue weighted by Gasteiger charge is -2.15. The molecule has 4 aromatic carbocycles. The number of hydrogen-bond donors (Lipinski definition) is 1. The summed E-state index contributed by atoms with van der Waals surface area (Å²) < 4.78 is 5.49. The number of nitrogens with zero attached hydrogens (tertiary/aromatic N) is 1. The molecule has 0 saturated carbocycles. The number of hydrogen-bond acceptors (Lipinski definition) is 5. The molecule has 0 saturated heterocycles. The van der Waals surface area contributed by atoms with Crippen LogP contribution < -0.4 is 15.0 Å². The molecule has 37 heavy (non-hydrogen) atoms. The standard InChI is InChI=1S/C30H21ClN2O4/c1-19-7-15-24(16-8-19)33-28(34)26(31)27(29(33)35)32-23-13-9-22(10-14-23)30(36)37-25-17-11-21(12-18-25)20-5-3-2-4-6-20/h2-18,32H,1H3. The maximum atomic E-state index is 12.9. The monoisotopic (exact) mass is 508 g/mol. The summed E-state index contributed by atoms with van der Waals surface area (Å²) in [5.41, 5.74) is 4.32. The van der Waals surface area contributed by atoms with E-state index in [2.05, 4.69) is 5.32 Å². The molecular formula is C30H21ClN2O4. The zero-order valence-electron chi connectivity index (χ0n) is 19.8. The molecule has 6 nitrogen and oxygen atoms in total. The van der Waals surface area contributed by atoms with Crippen molar-refractivity contribution in [2.45, 2.75) is 6.92 Å². The lowest BCUT2D eigenvalue weighted by atomic mass is 10.1. The molecule has 0 radical (unpaired) electrons. The second kappa shape index (κ2) is 10.1. The van der Waals surface area contributed by atoms with Gasteiger partial charge in [-0.3, -0.25) is 9.59 Å². The molecule has 0 aromatic heterocycles. The van der Waals surface area contributed by atoms with Crippen LogP contribution in [0, 0.1) is 6.92 Å². The number of benzene rings is 4. The Bertz CT molecular complexity index is 1510. The maximum absolute atomic E-state index is 12.9. The lowest BCUT2D eigenvalue weighted by Crippen LogP contribution is -2.32. The minimum Gasteiger partial charge on any atom is -0.423 e. The van der Waals surface area contributed by atoms with E-state index in [-0.39, 0.29) is 10.7 Å². The minimum absolute atomic E-state index is 0.0268. The highest BCUT2D eigenvalue weighted by Crippen LogP contribution is 2.30. The van der Waals surface area contributed by atoms with Crippen molar-refractivity contribution in [3.63, 3.8) is 0 Å². The highest BCUT2D eigenvalue weighted by molar-refractivity contribution is 6.53. The SMILES string of the molecule is Cc1ccc(N2C(=O)C(Cl)=C(Nc3ccc(C(=O)Oc4ccc(-c5ccccc5)cc4)cc3)C2=O)cc1. The number of amides is 2. The summed E-state index contributed by atoms with van der Waals surface area (Å²) in [6.45, 7) is 1.91. The van der Waals surface area contributed by atoms with Gasteiger partial charge in [0.25, 0.3) is 11.8 Å². The largest absolute Gasteiger partial charge is 0.423 e. The first-order chi connectivity index (χ1) is 17.9. The van der Waals surface area contributed by atoms with Crippen LogP contribution in [0.25, 0.3) is 11.1 Å². The number of carbonyl (C=O) groups is 3. The molecule has 1 aliphatic heterocycles. The van der Waals surface area contributed by atoms with Gasteiger partial charge in [-0.05, 0) is 66.6 Å². The molecule has 1 heterocycles. The van der Waals surface area contributed by atoms with Gasteiger partial charge in [-0.15, -0.1) is 0 Å². The van der Waals surface area contributed by atoms with E-state index >= 15 is 0 Å². The van der Waals surface area contributed by atoms with Gasteiger partial charge in [0.2, 0.25) is 0 Å². The van der Waals surface area contributed by atoms with Crippen molar-refractivity contribution in [2.75, 3.05) is 10.2 Å². The quantitative estimate of drug-likeness (QED) is 0.187. The average molecular weight is 509 g/mol. The van der Waals surface area contributed by atoms with Crippen LogP contribution in [0.2, 0.25) is 0 Å². The van der Waals surface area contributed by atoms with Gasteiger partial charge in [0, 0.05) is 5.69 Å². The van der Waals surface area contributed by atoms with Crippen LogP contribution in [0.3, 0.4) is 0 Å². The summed E-state index contributed by atoms with van der Waals surface area (Å²) in [7, 11) is 0. The van der Waals surface area contributed by atoms with Gasteiger partial charge >= 0.3 is 5.97 Å². The molecule has 5 rings (SSSR count). The Morgan fingerprint density at radius 3 is 2.03 bits per heavy atom. The highest BCUT2D eigenvalue weighted by atomic mass is 35.5. The first-order valence-corrected chi connectivity index (χ1v) is 11.9. The van der Waals surface area contributed by atoms with Crippen molar-refractivity contribution >= 4 is 40.8 Å². The first kappa shape index (κ1) is 24.0. The van der Waals surface area contributed by atoms with Crippen molar-refractivity contribution in [1.82, 2.24) is 0 Å². The zero-order chi connectivity index (χ0) is 25.9. The summed E-state index contributed by atoms with van der Waals surface area (Å²) in [6, 6.07) is 30.5. The van der Waals surface area contributed by atoms with Crippen LogP contribution >= 0.6 is 11.6 Å². The third kappa shape index (κ3) is 5.01. The summed E-state index contributed by atoms with van der Waals surface area (Å²) in [4.78, 5) is 39.2. The summed E-state index contributed by atoms with van der Waals surface area (Å²) in [6.07, 6.45) is 0. The molecule has 1 N–H and O–H groups in total. The van der Waals surface area contributed by atoms with Crippen LogP contribution in [0.5, 0.6) is 5.75 Å². The van der Waals surface area contributed by atoms with Gasteiger partial charge in [-0.25, -0.2) is 9.69 Å². The number of imide groups is 1. The van der Waals surface area contributed by atoms with E-state index < -0.39 is 17.8 Å². The lowest BCUT2D eigenvalue weighted by molar-refractivity contribution is -0.120. The fourth-order valence-electron chi connectivity index (χ4n) is 3.89. The second-order valence-corrected chi connectivity index (χ2v) is 8.83. The number of halogens is 1. The molecule has 1 aliphatic rings. The Morgan fingerprint density at radius 2 is 1.38 bits per heavy atom. The van der Waals surface area contributed by atoms with Crippen molar-refractivity contribution in [2.24, 2.45) is 0 Å². The van der Waals surface area contributed by atoms with Gasteiger partial charge in [0.1, 0.15) is 16.5 Å². The van der Waals surface area contributed by atoms with E-state index in [1.54, 1.807) is 48.5 Å². The number of carbonyl (C=O) groups excluding carboxylic acids is 3. The smallest absolute Gasteiger partial charge is 0.343 e. The number of anilines is 2. The normalized spacial score (nSPS) is 13.2. The Morgan fingerprint density at radius 1 is 0.757 bits per heavy atom. The topological polar surface area (TPSA) is 75.7 Å². The summed E-state index contributed by atoms with van der Waals surface area (Å²) in [5, 5.41) is 2.70. The molecule has 0 fully saturated rings. The summed E-state index contributed by atoms with van der Waals surface area (Å²) in [5.74, 6) is -1.25. The third-order valence-electron chi connectivity index (χ3n) is 5.88. The Labute approximate surface area is 218 Å². The average Bonchev–Trinajstić information content (AvgIpc) is 3.13. The number of ether oxygens (including phenoxy) is 1. The molecule has 0 spiro atoms. The van der Waals surface area contributed by atoms with Gasteiger partial charge in [0.15, 0.2) is 0 Å². The van der Waals surface area contributed by atoms with E-state index in [0.29, 0.717) is 22.7 Å². The van der Waals surface area contributed by atoms with Gasteiger partial charge in [0.05, 0.1) is 11.3 Å². The van der Waals surface area contributed by atoms with E-state index in [9.17, 15) is 14.4 Å². The predicted octanol–water partition coefficient (Wildman–Crippen LogP) is 6.32. The first-order valence-electron chi connectivity index (χ1n) is 11.5. The number of rotatable bonds is 6. The van der Waals surface area contributed by atoms with E-state index in [0.717, 1.165) is 21.6 Å². The third-order valence-corrected chi connectivity index (χ3v) is 6.23. The Balaban J connectivity index is 1.25. The maximum Gasteiger partial charge on any atom is 0.343 e. The van der Waals surface area contributed by atoms with Gasteiger partial charge in [-0.1, -0.05) is 71.8 Å². The Kier molecular flexibility index (Phi) is 6.58. The number of aryl methyl sites for hydroxylation is 1. The second-order valence-electron chi connectivity index (χ2n) is 8.45. The number of esters is 1. The molecule has 7 heteroatoms. The van der Waals surface area contributed by atoms with E-state index in [4.69, 9.17) is 16.3 Å². The molecule has 182 valence electrons. The van der Waals surface area contributed by atoms with Crippen LogP contribution in [-0.4, -0.2) is 17.8 Å². The molecule has 4 aromatic rings. The Hall–Kier alpha value is -4.68. The van der Waals surface area contributed by atoms with Crippen LogP contribution in [0.4, 0.5) is 11.4 Å². The predicted molar refractivity (Wildman–Crippen MR) is 143 cm³/mol. The van der Waals surface area contributed by atoms with Crippen molar-refractivity contribution in [3.8, 4) is 16.9 Å². The van der Waals surface area contributed by atoms with Crippen LogP contribution in [0.1, 0.15) is 15.9 Å². The van der Waals surface area contributed by atoms with Crippen LogP contribution in [0.15, 0.2) is 114 Å².